The number of nitrogens with zero attached hydrogens (tertiary/aromatic N) is 2. The minimum atomic E-state index is -0.220. The number of carbonyl (C=O) groups is 2. The first-order valence-corrected chi connectivity index (χ1v) is 16.7. The normalized spacial score (nSPS) is 19.3. The highest BCUT2D eigenvalue weighted by Gasteiger charge is 2.43. The fourth-order valence-electron chi connectivity index (χ4n) is 7.09. The first kappa shape index (κ1) is 32.0. The highest BCUT2D eigenvalue weighted by atomic mass is 16.5. The van der Waals surface area contributed by atoms with Crippen LogP contribution in [0, 0.1) is 20.8 Å². The molecule has 2 heterocycles. The molecule has 3 aromatic rings. The van der Waals surface area contributed by atoms with E-state index in [-0.39, 0.29) is 36.5 Å². The smallest absolute Gasteiger partial charge is 0.252 e. The fourth-order valence-corrected chi connectivity index (χ4v) is 7.09. The molecule has 0 radical (unpaired) electrons. The number of hydrogen-bond acceptors (Lipinski definition) is 5. The predicted molar refractivity (Wildman–Crippen MR) is 182 cm³/mol. The maximum Gasteiger partial charge on any atom is 0.252 e. The molecule has 1 saturated heterocycles. The summed E-state index contributed by atoms with van der Waals surface area (Å²) in [7, 11) is 0. The number of piperazine rings is 1. The zero-order valence-electron chi connectivity index (χ0n) is 27.6. The number of ether oxygens (including phenoxy) is 1. The lowest BCUT2D eigenvalue weighted by molar-refractivity contribution is -0.132. The molecule has 2 fully saturated rings. The van der Waals surface area contributed by atoms with Crippen LogP contribution in [0.15, 0.2) is 66.2 Å². The molecular formula is C39H47N3O4. The highest BCUT2D eigenvalue weighted by molar-refractivity contribution is 6.03. The van der Waals surface area contributed by atoms with Gasteiger partial charge in [-0.1, -0.05) is 54.6 Å². The first-order valence-electron chi connectivity index (χ1n) is 16.7. The van der Waals surface area contributed by atoms with Crippen molar-refractivity contribution in [3.05, 3.63) is 105 Å². The Morgan fingerprint density at radius 3 is 2.41 bits per heavy atom. The molecule has 3 aliphatic rings. The van der Waals surface area contributed by atoms with E-state index in [1.54, 1.807) is 6.92 Å². The molecule has 2 N–H and O–H groups in total. The van der Waals surface area contributed by atoms with Gasteiger partial charge < -0.3 is 25.0 Å². The number of carbonyl (C=O) groups excluding carboxylic acids is 2. The maximum absolute atomic E-state index is 14.7. The number of aliphatic hydroxyl groups is 1. The molecule has 0 unspecified atom stereocenters. The molecule has 1 aliphatic carbocycles. The van der Waals surface area contributed by atoms with Gasteiger partial charge in [0.25, 0.3) is 5.91 Å². The third kappa shape index (κ3) is 7.06. The van der Waals surface area contributed by atoms with Crippen LogP contribution in [0.4, 0.5) is 0 Å². The molecule has 1 saturated carbocycles. The second-order valence-electron chi connectivity index (χ2n) is 13.3. The van der Waals surface area contributed by atoms with E-state index in [4.69, 9.17) is 4.74 Å². The molecule has 242 valence electrons. The number of hydrogen-bond donors (Lipinski definition) is 2. The highest BCUT2D eigenvalue weighted by Crippen LogP contribution is 2.37. The summed E-state index contributed by atoms with van der Waals surface area (Å²) < 4.78 is 6.19. The Hall–Kier alpha value is -3.94. The van der Waals surface area contributed by atoms with Crippen molar-refractivity contribution in [1.82, 2.24) is 15.1 Å². The van der Waals surface area contributed by atoms with E-state index >= 15 is 0 Å². The number of fused-ring (bicyclic) bond motifs is 2. The summed E-state index contributed by atoms with van der Waals surface area (Å²) in [5.74, 6) is 1.05. The second kappa shape index (κ2) is 13.8. The number of nitrogens with one attached hydrogen (secondary N) is 1. The molecule has 0 spiro atoms. The van der Waals surface area contributed by atoms with Gasteiger partial charge in [-0.15, -0.1) is 0 Å². The first-order chi connectivity index (χ1) is 22.2. The largest absolute Gasteiger partial charge is 0.493 e. The monoisotopic (exact) mass is 621 g/mol. The van der Waals surface area contributed by atoms with Gasteiger partial charge in [-0.05, 0) is 97.0 Å². The molecule has 2 bridgehead atoms. The molecule has 46 heavy (non-hydrogen) atoms. The van der Waals surface area contributed by atoms with Crippen LogP contribution in [0.5, 0.6) is 5.75 Å². The van der Waals surface area contributed by atoms with Gasteiger partial charge >= 0.3 is 0 Å². The standard InChI is InChI=1S/C39H47N3O4/c1-25-19-26(2)27(3)37(20-25)46-18-16-29-9-11-31(12-10-29)35-21-33-23-41(28(4)44)24-36(40-33)38(35)39(45)42(34-13-14-34)22-32-8-6-5-7-30(32)15-17-43/h5-12,19-20,33-34,36,40,43H,13-18,21-24H2,1-4H3/t33-,36-/m1/s1. The van der Waals surface area contributed by atoms with Crippen LogP contribution in [0.25, 0.3) is 5.57 Å². The molecule has 2 amide bonds. The minimum absolute atomic E-state index is 0.0475. The summed E-state index contributed by atoms with van der Waals surface area (Å²) in [5, 5.41) is 13.4. The van der Waals surface area contributed by atoms with Crippen LogP contribution in [-0.4, -0.2) is 71.1 Å². The van der Waals surface area contributed by atoms with Crippen LogP contribution in [0.2, 0.25) is 0 Å². The summed E-state index contributed by atoms with van der Waals surface area (Å²) in [6, 6.07) is 21.1. The van der Waals surface area contributed by atoms with Gasteiger partial charge in [-0.2, -0.15) is 0 Å². The molecule has 6 rings (SSSR count). The van der Waals surface area contributed by atoms with Crippen molar-refractivity contribution in [2.75, 3.05) is 26.3 Å². The summed E-state index contributed by atoms with van der Waals surface area (Å²) in [6.07, 6.45) is 4.04. The molecular weight excluding hydrogens is 574 g/mol. The third-order valence-corrected chi connectivity index (χ3v) is 9.88. The SMILES string of the molecule is CC(=O)N1C[C@H]2CC(c3ccc(CCOc4cc(C)cc(C)c4C)cc3)=C(C(=O)N(Cc3ccccc3CCO)C3CC3)[C@@H](C1)N2. The van der Waals surface area contributed by atoms with E-state index in [0.717, 1.165) is 52.8 Å². The Labute approximate surface area is 273 Å². The van der Waals surface area contributed by atoms with E-state index in [1.165, 1.54) is 22.3 Å². The van der Waals surface area contributed by atoms with E-state index < -0.39 is 0 Å². The predicted octanol–water partition coefficient (Wildman–Crippen LogP) is 5.31. The second-order valence-corrected chi connectivity index (χ2v) is 13.3. The molecule has 7 heteroatoms. The van der Waals surface area contributed by atoms with Gasteiger partial charge in [-0.25, -0.2) is 0 Å². The minimum Gasteiger partial charge on any atom is -0.493 e. The summed E-state index contributed by atoms with van der Waals surface area (Å²) >= 11 is 0. The van der Waals surface area contributed by atoms with Crippen LogP contribution < -0.4 is 10.1 Å². The molecule has 7 nitrogen and oxygen atoms in total. The van der Waals surface area contributed by atoms with Gasteiger partial charge in [0.1, 0.15) is 5.75 Å². The molecule has 0 aromatic heterocycles. The Bertz CT molecular complexity index is 1620. The third-order valence-electron chi connectivity index (χ3n) is 9.88. The lowest BCUT2D eigenvalue weighted by Crippen LogP contribution is -2.61. The van der Waals surface area contributed by atoms with E-state index in [2.05, 4.69) is 68.6 Å². The zero-order valence-corrected chi connectivity index (χ0v) is 27.6. The summed E-state index contributed by atoms with van der Waals surface area (Å²) in [4.78, 5) is 31.1. The average Bonchev–Trinajstić information content (AvgIpc) is 3.88. The van der Waals surface area contributed by atoms with Gasteiger partial charge in [0.2, 0.25) is 5.91 Å². The van der Waals surface area contributed by atoms with Crippen molar-refractivity contribution < 1.29 is 19.4 Å². The number of aryl methyl sites for hydroxylation is 2. The van der Waals surface area contributed by atoms with Crippen LogP contribution >= 0.6 is 0 Å². The Morgan fingerprint density at radius 1 is 0.978 bits per heavy atom. The van der Waals surface area contributed by atoms with Crippen molar-refractivity contribution >= 4 is 17.4 Å². The van der Waals surface area contributed by atoms with Gasteiger partial charge in [0, 0.05) is 57.2 Å². The molecule has 2 aliphatic heterocycles. The fraction of sp³-hybridized carbons (Fsp3) is 0.436. The van der Waals surface area contributed by atoms with Gasteiger partial charge in [0.05, 0.1) is 12.6 Å². The number of amides is 2. The average molecular weight is 622 g/mol. The quantitative estimate of drug-likeness (QED) is 0.304. The molecule has 2 atom stereocenters. The molecule has 3 aromatic carbocycles. The maximum atomic E-state index is 14.7. The van der Waals surface area contributed by atoms with E-state index in [9.17, 15) is 14.7 Å². The summed E-state index contributed by atoms with van der Waals surface area (Å²) in [6.45, 7) is 10.3. The lowest BCUT2D eigenvalue weighted by Gasteiger charge is -2.44. The Balaban J connectivity index is 1.27. The number of rotatable bonds is 11. The van der Waals surface area contributed by atoms with E-state index in [1.807, 2.05) is 28.0 Å². The van der Waals surface area contributed by atoms with Crippen LogP contribution in [-0.2, 0) is 29.0 Å². The number of benzene rings is 3. The van der Waals surface area contributed by atoms with Crippen molar-refractivity contribution in [2.45, 2.75) is 84.5 Å². The van der Waals surface area contributed by atoms with Crippen molar-refractivity contribution in [3.63, 3.8) is 0 Å². The van der Waals surface area contributed by atoms with Crippen LogP contribution in [0.3, 0.4) is 0 Å². The Morgan fingerprint density at radius 2 is 1.72 bits per heavy atom. The summed E-state index contributed by atoms with van der Waals surface area (Å²) in [5.41, 5.74) is 9.92. The Kier molecular flexibility index (Phi) is 9.62. The number of aliphatic hydroxyl groups excluding tert-OH is 1. The van der Waals surface area contributed by atoms with Crippen LogP contribution in [0.1, 0.15) is 65.1 Å². The lowest BCUT2D eigenvalue weighted by atomic mass is 9.82. The topological polar surface area (TPSA) is 82.1 Å². The zero-order chi connectivity index (χ0) is 32.4. The van der Waals surface area contributed by atoms with Crippen molar-refractivity contribution in [3.8, 4) is 5.75 Å². The van der Waals surface area contributed by atoms with E-state index in [0.29, 0.717) is 39.1 Å². The van der Waals surface area contributed by atoms with Gasteiger partial charge in [0.15, 0.2) is 0 Å². The van der Waals surface area contributed by atoms with Crippen molar-refractivity contribution in [1.29, 1.82) is 0 Å². The van der Waals surface area contributed by atoms with Crippen molar-refractivity contribution in [2.24, 2.45) is 0 Å². The van der Waals surface area contributed by atoms with Gasteiger partial charge in [-0.3, -0.25) is 9.59 Å².